The molecule has 0 aliphatic carbocycles. The molecule has 1 aromatic carbocycles. The van der Waals surface area contributed by atoms with Crippen LogP contribution in [-0.4, -0.2) is 63.0 Å². The Morgan fingerprint density at radius 3 is 2.49 bits per heavy atom. The number of benzene rings is 1. The van der Waals surface area contributed by atoms with Crippen molar-refractivity contribution in [1.82, 2.24) is 8.87 Å². The maximum atomic E-state index is 13.8. The van der Waals surface area contributed by atoms with Crippen LogP contribution in [0, 0.1) is 26.7 Å². The lowest BCUT2D eigenvalue weighted by molar-refractivity contribution is -0.120. The molecule has 1 N–H and O–H groups in total. The molecule has 1 aliphatic heterocycles. The topological polar surface area (TPSA) is 101 Å². The number of nitrogens with one attached hydrogen (secondary N) is 1. The zero-order valence-electron chi connectivity index (χ0n) is 21.6. The van der Waals surface area contributed by atoms with Crippen molar-refractivity contribution in [1.29, 1.82) is 0 Å². The summed E-state index contributed by atoms with van der Waals surface area (Å²) < 4.78 is 35.7. The molecule has 1 saturated heterocycles. The first kappa shape index (κ1) is 26.7. The van der Waals surface area contributed by atoms with E-state index in [1.165, 1.54) is 4.31 Å². The molecular weight excluding hydrogens is 468 g/mol. The largest absolute Gasteiger partial charge is 0.462 e. The molecule has 0 radical (unpaired) electrons. The van der Waals surface area contributed by atoms with E-state index in [-0.39, 0.29) is 36.1 Å². The fraction of sp³-hybridized carbons (Fsp3) is 0.520. The van der Waals surface area contributed by atoms with Gasteiger partial charge in [-0.05, 0) is 58.2 Å². The highest BCUT2D eigenvalue weighted by atomic mass is 32.2. The first-order valence-corrected chi connectivity index (χ1v) is 13.3. The smallest absolute Gasteiger partial charge is 0.341 e. The quantitative estimate of drug-likeness (QED) is 0.581. The summed E-state index contributed by atoms with van der Waals surface area (Å²) in [5, 5.41) is 2.95. The Kier molecular flexibility index (Phi) is 7.96. The second-order valence-electron chi connectivity index (χ2n) is 9.24. The van der Waals surface area contributed by atoms with Gasteiger partial charge in [0.05, 0.1) is 12.5 Å². The third-order valence-corrected chi connectivity index (χ3v) is 8.74. The zero-order chi connectivity index (χ0) is 26.1. The van der Waals surface area contributed by atoms with Gasteiger partial charge in [0, 0.05) is 57.0 Å². The van der Waals surface area contributed by atoms with Gasteiger partial charge in [0.1, 0.15) is 10.5 Å². The summed E-state index contributed by atoms with van der Waals surface area (Å²) in [6, 6.07) is 5.70. The van der Waals surface area contributed by atoms with Gasteiger partial charge in [-0.1, -0.05) is 6.07 Å². The molecule has 0 bridgehead atoms. The highest BCUT2D eigenvalue weighted by molar-refractivity contribution is 7.89. The Labute approximate surface area is 208 Å². The molecule has 1 atom stereocenters. The average molecular weight is 505 g/mol. The Hall–Kier alpha value is -2.85. The number of aromatic nitrogens is 1. The van der Waals surface area contributed by atoms with E-state index in [1.807, 2.05) is 44.1 Å². The molecule has 1 aromatic heterocycles. The van der Waals surface area contributed by atoms with Crippen LogP contribution >= 0.6 is 0 Å². The van der Waals surface area contributed by atoms with Crippen LogP contribution in [0.2, 0.25) is 0 Å². The summed E-state index contributed by atoms with van der Waals surface area (Å²) in [6.07, 6.45) is 1.13. The molecule has 1 amide bonds. The third kappa shape index (κ3) is 5.23. The van der Waals surface area contributed by atoms with Gasteiger partial charge in [0.15, 0.2) is 0 Å². The molecule has 35 heavy (non-hydrogen) atoms. The van der Waals surface area contributed by atoms with Crippen LogP contribution in [-0.2, 0) is 26.6 Å². The predicted molar refractivity (Wildman–Crippen MR) is 136 cm³/mol. The summed E-state index contributed by atoms with van der Waals surface area (Å²) in [6.45, 7) is 7.55. The van der Waals surface area contributed by atoms with Gasteiger partial charge in [-0.15, -0.1) is 0 Å². The van der Waals surface area contributed by atoms with Gasteiger partial charge in [-0.25, -0.2) is 13.2 Å². The number of carbonyl (C=O) groups is 2. The molecule has 9 nitrogen and oxygen atoms in total. The molecule has 0 spiro atoms. The third-order valence-electron chi connectivity index (χ3n) is 6.71. The lowest BCUT2D eigenvalue weighted by atomic mass is 9.98. The van der Waals surface area contributed by atoms with Crippen LogP contribution in [0.25, 0.3) is 0 Å². The maximum absolute atomic E-state index is 13.8. The van der Waals surface area contributed by atoms with Crippen molar-refractivity contribution >= 4 is 33.3 Å². The summed E-state index contributed by atoms with van der Waals surface area (Å²) in [5.41, 5.74) is 3.82. The van der Waals surface area contributed by atoms with Crippen LogP contribution in [0.3, 0.4) is 0 Å². The lowest BCUT2D eigenvalue weighted by Crippen LogP contribution is -2.44. The van der Waals surface area contributed by atoms with E-state index in [0.29, 0.717) is 29.9 Å². The molecule has 3 rings (SSSR count). The number of hydrogen-bond acceptors (Lipinski definition) is 6. The van der Waals surface area contributed by atoms with Crippen molar-refractivity contribution in [2.24, 2.45) is 13.0 Å². The second-order valence-corrected chi connectivity index (χ2v) is 11.1. The minimum absolute atomic E-state index is 0.0360. The summed E-state index contributed by atoms with van der Waals surface area (Å²) >= 11 is 0. The van der Waals surface area contributed by atoms with E-state index < -0.39 is 21.9 Å². The van der Waals surface area contributed by atoms with Crippen LogP contribution in [0.5, 0.6) is 0 Å². The van der Waals surface area contributed by atoms with Crippen molar-refractivity contribution in [3.63, 3.8) is 0 Å². The van der Waals surface area contributed by atoms with Gasteiger partial charge in [0.25, 0.3) is 0 Å². The number of anilines is 2. The molecule has 1 fully saturated rings. The Balaban J connectivity index is 1.87. The van der Waals surface area contributed by atoms with Gasteiger partial charge in [0.2, 0.25) is 15.9 Å². The van der Waals surface area contributed by atoms with Gasteiger partial charge < -0.3 is 19.5 Å². The number of ether oxygens (including phenoxy) is 1. The molecule has 1 aliphatic rings. The number of aryl methyl sites for hydroxylation is 1. The SMILES string of the molecule is CCOC(=O)c1c(S(=O)(=O)N2CCCC(C(=O)Nc3ccc(C)c(N(C)C)c3)C2)c(C)n(C)c1C. The van der Waals surface area contributed by atoms with Crippen molar-refractivity contribution in [3.05, 3.63) is 40.7 Å². The fourth-order valence-electron chi connectivity index (χ4n) is 4.59. The van der Waals surface area contributed by atoms with E-state index >= 15 is 0 Å². The first-order valence-electron chi connectivity index (χ1n) is 11.8. The standard InChI is InChI=1S/C25H36N4O5S/c1-8-34-25(31)22-17(3)28(7)18(4)23(22)35(32,33)29-13-9-10-19(15-29)24(30)26-20-12-11-16(2)21(14-20)27(5)6/h11-12,14,19H,8-10,13,15H2,1-7H3,(H,26,30). The number of nitrogens with zero attached hydrogens (tertiary/aromatic N) is 3. The predicted octanol–water partition coefficient (Wildman–Crippen LogP) is 3.23. The fourth-order valence-corrected chi connectivity index (χ4v) is 6.60. The Morgan fingerprint density at radius 1 is 1.17 bits per heavy atom. The second kappa shape index (κ2) is 10.4. The number of sulfonamides is 1. The van der Waals surface area contributed by atoms with Crippen LogP contribution in [0.1, 0.15) is 47.1 Å². The van der Waals surface area contributed by atoms with Crippen LogP contribution < -0.4 is 10.2 Å². The number of esters is 1. The number of carbonyl (C=O) groups excluding carboxylic acids is 2. The van der Waals surface area contributed by atoms with E-state index in [1.54, 1.807) is 32.4 Å². The highest BCUT2D eigenvalue weighted by Crippen LogP contribution is 2.32. The Bertz CT molecular complexity index is 1230. The number of amides is 1. The average Bonchev–Trinajstić information content (AvgIpc) is 3.04. The number of piperidine rings is 1. The number of rotatable bonds is 7. The van der Waals surface area contributed by atoms with Gasteiger partial charge in [-0.3, -0.25) is 4.79 Å². The van der Waals surface area contributed by atoms with E-state index in [2.05, 4.69) is 5.32 Å². The Morgan fingerprint density at radius 2 is 1.86 bits per heavy atom. The first-order chi connectivity index (χ1) is 16.4. The molecule has 2 aromatic rings. The summed E-state index contributed by atoms with van der Waals surface area (Å²) in [4.78, 5) is 27.7. The zero-order valence-corrected chi connectivity index (χ0v) is 22.5. The van der Waals surface area contributed by atoms with Crippen molar-refractivity contribution in [3.8, 4) is 0 Å². The van der Waals surface area contributed by atoms with E-state index in [4.69, 9.17) is 4.74 Å². The van der Waals surface area contributed by atoms with Crippen molar-refractivity contribution < 1.29 is 22.7 Å². The molecule has 2 heterocycles. The lowest BCUT2D eigenvalue weighted by Gasteiger charge is -2.31. The molecule has 10 heteroatoms. The van der Waals surface area contributed by atoms with Crippen molar-refractivity contribution in [2.45, 2.75) is 45.4 Å². The normalized spacial score (nSPS) is 16.7. The molecule has 192 valence electrons. The minimum atomic E-state index is -4.03. The maximum Gasteiger partial charge on any atom is 0.341 e. The molecule has 1 unspecified atom stereocenters. The van der Waals surface area contributed by atoms with Crippen molar-refractivity contribution in [2.75, 3.05) is 44.0 Å². The highest BCUT2D eigenvalue weighted by Gasteiger charge is 2.39. The van der Waals surface area contributed by atoms with Crippen LogP contribution in [0.15, 0.2) is 23.1 Å². The summed E-state index contributed by atoms with van der Waals surface area (Å²) in [7, 11) is 1.58. The monoisotopic (exact) mass is 504 g/mol. The molecule has 0 saturated carbocycles. The number of hydrogen-bond donors (Lipinski definition) is 1. The molecular formula is C25H36N4O5S. The van der Waals surface area contributed by atoms with E-state index in [9.17, 15) is 18.0 Å². The summed E-state index contributed by atoms with van der Waals surface area (Å²) in [5.74, 6) is -1.38. The van der Waals surface area contributed by atoms with Crippen LogP contribution in [0.4, 0.5) is 11.4 Å². The van der Waals surface area contributed by atoms with Gasteiger partial charge >= 0.3 is 5.97 Å². The van der Waals surface area contributed by atoms with Gasteiger partial charge in [-0.2, -0.15) is 4.31 Å². The minimum Gasteiger partial charge on any atom is -0.462 e. The van der Waals surface area contributed by atoms with E-state index in [0.717, 1.165) is 11.3 Å².